The second-order valence-electron chi connectivity index (χ2n) is 4.86. The molecular weight excluding hydrogens is 272 g/mol. The number of benzene rings is 1. The Morgan fingerprint density at radius 1 is 1.30 bits per heavy atom. The van der Waals surface area contributed by atoms with E-state index in [-0.39, 0.29) is 0 Å². The lowest BCUT2D eigenvalue weighted by Crippen LogP contribution is -2.06. The van der Waals surface area contributed by atoms with Gasteiger partial charge >= 0.3 is 0 Å². The van der Waals surface area contributed by atoms with Gasteiger partial charge in [0.15, 0.2) is 0 Å². The lowest BCUT2D eigenvalue weighted by Gasteiger charge is -2.15. The van der Waals surface area contributed by atoms with Crippen LogP contribution >= 0.6 is 11.6 Å². The quantitative estimate of drug-likeness (QED) is 0.875. The van der Waals surface area contributed by atoms with Crippen molar-refractivity contribution < 1.29 is 4.74 Å². The number of methoxy groups -OCH3 is 1. The second kappa shape index (κ2) is 6.31. The summed E-state index contributed by atoms with van der Waals surface area (Å²) < 4.78 is 5.42. The average Bonchev–Trinajstić information content (AvgIpc) is 2.47. The molecule has 0 fully saturated rings. The number of fused-ring (bicyclic) bond motifs is 1. The van der Waals surface area contributed by atoms with Gasteiger partial charge in [-0.15, -0.1) is 0 Å². The molecule has 0 atom stereocenters. The zero-order valence-corrected chi connectivity index (χ0v) is 13.3. The zero-order valence-electron chi connectivity index (χ0n) is 12.5. The highest BCUT2D eigenvalue weighted by atomic mass is 35.5. The summed E-state index contributed by atoms with van der Waals surface area (Å²) in [6.45, 7) is 7.21. The fourth-order valence-corrected chi connectivity index (χ4v) is 2.47. The van der Waals surface area contributed by atoms with Gasteiger partial charge in [0.05, 0.1) is 7.11 Å². The molecule has 0 aliphatic carbocycles. The van der Waals surface area contributed by atoms with E-state index < -0.39 is 0 Å². The summed E-state index contributed by atoms with van der Waals surface area (Å²) in [6, 6.07) is 4.01. The summed E-state index contributed by atoms with van der Waals surface area (Å²) >= 11 is 6.27. The van der Waals surface area contributed by atoms with Crippen molar-refractivity contribution in [3.05, 3.63) is 28.3 Å². The fraction of sp³-hybridized carbons (Fsp3) is 0.438. The van der Waals surface area contributed by atoms with Gasteiger partial charge in [0.1, 0.15) is 17.1 Å². The molecule has 4 heteroatoms. The van der Waals surface area contributed by atoms with E-state index in [9.17, 15) is 0 Å². The molecule has 0 bridgehead atoms. The van der Waals surface area contributed by atoms with Crippen LogP contribution in [0.1, 0.15) is 31.4 Å². The Morgan fingerprint density at radius 3 is 2.65 bits per heavy atom. The Hall–Kier alpha value is -1.48. The van der Waals surface area contributed by atoms with Gasteiger partial charge in [-0.3, -0.25) is 0 Å². The van der Waals surface area contributed by atoms with Crippen LogP contribution in [0.25, 0.3) is 10.9 Å². The number of rotatable bonds is 5. The third-order valence-corrected chi connectivity index (χ3v) is 3.89. The van der Waals surface area contributed by atoms with E-state index in [1.54, 1.807) is 7.11 Å². The molecule has 0 aliphatic rings. The number of halogens is 1. The first-order valence-electron chi connectivity index (χ1n) is 7.02. The van der Waals surface area contributed by atoms with Gasteiger partial charge in [0.25, 0.3) is 0 Å². The monoisotopic (exact) mass is 292 g/mol. The molecule has 0 saturated carbocycles. The Kier molecular flexibility index (Phi) is 4.71. The van der Waals surface area contributed by atoms with E-state index >= 15 is 0 Å². The highest BCUT2D eigenvalue weighted by molar-refractivity contribution is 6.32. The highest BCUT2D eigenvalue weighted by Gasteiger charge is 2.13. The predicted molar refractivity (Wildman–Crippen MR) is 86.2 cm³/mol. The SMILES string of the molecule is CCCNc1nc2c(OC)cc(Cl)c(C)c2cc1CC. The number of hydrogen-bond donors (Lipinski definition) is 1. The number of hydrogen-bond acceptors (Lipinski definition) is 3. The number of ether oxygens (including phenoxy) is 1. The van der Waals surface area contributed by atoms with Crippen LogP contribution in [0.5, 0.6) is 5.75 Å². The van der Waals surface area contributed by atoms with Gasteiger partial charge in [-0.25, -0.2) is 4.98 Å². The first-order valence-corrected chi connectivity index (χ1v) is 7.40. The Balaban J connectivity index is 2.69. The minimum Gasteiger partial charge on any atom is -0.494 e. The number of nitrogens with zero attached hydrogens (tertiary/aromatic N) is 1. The van der Waals surface area contributed by atoms with Crippen LogP contribution in [-0.4, -0.2) is 18.6 Å². The molecule has 0 amide bonds. The lowest BCUT2D eigenvalue weighted by molar-refractivity contribution is 0.419. The minimum absolute atomic E-state index is 0.715. The van der Waals surface area contributed by atoms with Crippen molar-refractivity contribution in [2.45, 2.75) is 33.6 Å². The zero-order chi connectivity index (χ0) is 14.7. The van der Waals surface area contributed by atoms with Crippen molar-refractivity contribution in [1.82, 2.24) is 4.98 Å². The summed E-state index contributed by atoms with van der Waals surface area (Å²) in [4.78, 5) is 4.76. The van der Waals surface area contributed by atoms with Crippen molar-refractivity contribution in [2.75, 3.05) is 19.0 Å². The van der Waals surface area contributed by atoms with E-state index in [1.807, 2.05) is 13.0 Å². The molecule has 108 valence electrons. The molecule has 1 aromatic heterocycles. The summed E-state index contributed by atoms with van der Waals surface area (Å²) in [6.07, 6.45) is 2.00. The summed E-state index contributed by atoms with van der Waals surface area (Å²) in [5.74, 6) is 1.67. The van der Waals surface area contributed by atoms with Gasteiger partial charge in [-0.05, 0) is 37.0 Å². The predicted octanol–water partition coefficient (Wildman–Crippen LogP) is 4.59. The van der Waals surface area contributed by atoms with Crippen molar-refractivity contribution in [3.8, 4) is 5.75 Å². The van der Waals surface area contributed by atoms with E-state index in [0.717, 1.165) is 47.4 Å². The van der Waals surface area contributed by atoms with E-state index in [1.165, 1.54) is 5.56 Å². The van der Waals surface area contributed by atoms with E-state index in [4.69, 9.17) is 21.3 Å². The van der Waals surface area contributed by atoms with Crippen LogP contribution in [0, 0.1) is 6.92 Å². The van der Waals surface area contributed by atoms with Crippen LogP contribution in [0.15, 0.2) is 12.1 Å². The first-order chi connectivity index (χ1) is 9.62. The van der Waals surface area contributed by atoms with Gasteiger partial charge in [0.2, 0.25) is 0 Å². The number of anilines is 1. The molecule has 0 spiro atoms. The highest BCUT2D eigenvalue weighted by Crippen LogP contribution is 2.34. The Bertz CT molecular complexity index is 626. The maximum Gasteiger partial charge on any atom is 0.146 e. The van der Waals surface area contributed by atoms with Crippen LogP contribution in [0.2, 0.25) is 5.02 Å². The molecule has 0 radical (unpaired) electrons. The summed E-state index contributed by atoms with van der Waals surface area (Å²) in [7, 11) is 1.65. The molecule has 0 aliphatic heterocycles. The first kappa shape index (κ1) is 14.9. The van der Waals surface area contributed by atoms with Gasteiger partial charge in [-0.2, -0.15) is 0 Å². The largest absolute Gasteiger partial charge is 0.494 e. The average molecular weight is 293 g/mol. The summed E-state index contributed by atoms with van der Waals surface area (Å²) in [5, 5.41) is 5.17. The number of pyridine rings is 1. The molecule has 0 unspecified atom stereocenters. The Morgan fingerprint density at radius 2 is 2.05 bits per heavy atom. The van der Waals surface area contributed by atoms with Gasteiger partial charge in [0, 0.05) is 23.0 Å². The lowest BCUT2D eigenvalue weighted by atomic mass is 10.0. The van der Waals surface area contributed by atoms with Crippen LogP contribution < -0.4 is 10.1 Å². The molecule has 2 aromatic rings. The molecular formula is C16H21ClN2O. The molecule has 3 nitrogen and oxygen atoms in total. The molecule has 1 heterocycles. The molecule has 1 N–H and O–H groups in total. The molecule has 0 saturated heterocycles. The van der Waals surface area contributed by atoms with Crippen molar-refractivity contribution in [1.29, 1.82) is 0 Å². The maximum absolute atomic E-state index is 6.27. The van der Waals surface area contributed by atoms with Crippen LogP contribution in [0.4, 0.5) is 5.82 Å². The molecule has 2 rings (SSSR count). The maximum atomic E-state index is 6.27. The smallest absolute Gasteiger partial charge is 0.146 e. The number of nitrogens with one attached hydrogen (secondary N) is 1. The third-order valence-electron chi connectivity index (χ3n) is 3.50. The van der Waals surface area contributed by atoms with Gasteiger partial charge < -0.3 is 10.1 Å². The normalized spacial score (nSPS) is 10.8. The van der Waals surface area contributed by atoms with Crippen molar-refractivity contribution >= 4 is 28.3 Å². The summed E-state index contributed by atoms with van der Waals surface area (Å²) in [5.41, 5.74) is 3.12. The van der Waals surface area contributed by atoms with Crippen LogP contribution in [-0.2, 0) is 6.42 Å². The van der Waals surface area contributed by atoms with Crippen molar-refractivity contribution in [2.24, 2.45) is 0 Å². The van der Waals surface area contributed by atoms with E-state index in [0.29, 0.717) is 5.02 Å². The van der Waals surface area contributed by atoms with Gasteiger partial charge in [-0.1, -0.05) is 25.4 Å². The van der Waals surface area contributed by atoms with E-state index in [2.05, 4.69) is 25.2 Å². The number of aromatic nitrogens is 1. The topological polar surface area (TPSA) is 34.2 Å². The third kappa shape index (κ3) is 2.68. The van der Waals surface area contributed by atoms with Crippen molar-refractivity contribution in [3.63, 3.8) is 0 Å². The molecule has 1 aromatic carbocycles. The Labute approximate surface area is 125 Å². The fourth-order valence-electron chi connectivity index (χ4n) is 2.27. The second-order valence-corrected chi connectivity index (χ2v) is 5.27. The molecule has 20 heavy (non-hydrogen) atoms. The minimum atomic E-state index is 0.715. The number of aryl methyl sites for hydroxylation is 2. The standard InChI is InChI=1S/C16H21ClN2O/c1-5-7-18-16-11(6-2)8-12-10(3)13(17)9-14(20-4)15(12)19-16/h8-9H,5-7H2,1-4H3,(H,18,19). The van der Waals surface area contributed by atoms with Crippen LogP contribution in [0.3, 0.4) is 0 Å².